The molecule has 3 amide bonds. The van der Waals surface area contributed by atoms with Crippen LogP contribution in [0.1, 0.15) is 37.7 Å². The molecule has 0 radical (unpaired) electrons. The standard InChI is InChI=1S/C26H37N3O4/c1-32-19-18-28-24(30)26(13-16-27(17-14-26)20-22-6-4-3-5-7-22)29(25(28)31)15-12-21-8-10-23(33-2)11-9-21/h3-4,8-11,22H,5-7,12-20H2,1-2H3/t22-/m0/s1. The Morgan fingerprint density at radius 1 is 1.03 bits per heavy atom. The summed E-state index contributed by atoms with van der Waals surface area (Å²) in [5.41, 5.74) is 0.407. The highest BCUT2D eigenvalue weighted by Crippen LogP contribution is 2.38. The van der Waals surface area contributed by atoms with Gasteiger partial charge in [0, 0.05) is 33.3 Å². The van der Waals surface area contributed by atoms with Gasteiger partial charge in [0.25, 0.3) is 5.91 Å². The summed E-state index contributed by atoms with van der Waals surface area (Å²) < 4.78 is 10.4. The molecule has 0 N–H and O–H groups in total. The van der Waals surface area contributed by atoms with Crippen molar-refractivity contribution in [3.63, 3.8) is 0 Å². The summed E-state index contributed by atoms with van der Waals surface area (Å²) in [6.45, 7) is 4.01. The van der Waals surface area contributed by atoms with Gasteiger partial charge >= 0.3 is 6.03 Å². The third-order valence-electron chi connectivity index (χ3n) is 7.50. The summed E-state index contributed by atoms with van der Waals surface area (Å²) >= 11 is 0. The van der Waals surface area contributed by atoms with Crippen molar-refractivity contribution in [1.82, 2.24) is 14.7 Å². The predicted molar refractivity (Wildman–Crippen MR) is 127 cm³/mol. The minimum atomic E-state index is -0.722. The number of benzene rings is 1. The number of amides is 3. The van der Waals surface area contributed by atoms with Gasteiger partial charge in [-0.25, -0.2) is 4.79 Å². The number of urea groups is 1. The number of piperidine rings is 1. The highest BCUT2D eigenvalue weighted by atomic mass is 16.5. The van der Waals surface area contributed by atoms with E-state index in [-0.39, 0.29) is 11.9 Å². The third kappa shape index (κ3) is 5.09. The Balaban J connectivity index is 1.45. The SMILES string of the molecule is COCCN1C(=O)N(CCc2ccc(OC)cc2)C2(CCN(C[C@H]3CC=CCC3)CC2)C1=O. The minimum Gasteiger partial charge on any atom is -0.497 e. The highest BCUT2D eigenvalue weighted by Gasteiger charge is 2.57. The van der Waals surface area contributed by atoms with Gasteiger partial charge in [-0.05, 0) is 62.1 Å². The van der Waals surface area contributed by atoms with Crippen LogP contribution in [0.25, 0.3) is 0 Å². The number of ether oxygens (including phenoxy) is 2. The summed E-state index contributed by atoms with van der Waals surface area (Å²) in [7, 11) is 3.25. The number of likely N-dealkylation sites (tertiary alicyclic amines) is 1. The zero-order valence-electron chi connectivity index (χ0n) is 20.0. The Bertz CT molecular complexity index is 846. The quantitative estimate of drug-likeness (QED) is 0.422. The lowest BCUT2D eigenvalue weighted by molar-refractivity contribution is -0.136. The van der Waals surface area contributed by atoms with E-state index in [4.69, 9.17) is 9.47 Å². The molecule has 0 aromatic heterocycles. The molecule has 1 aliphatic carbocycles. The molecule has 7 nitrogen and oxygen atoms in total. The number of hydrogen-bond donors (Lipinski definition) is 0. The molecule has 1 aromatic carbocycles. The van der Waals surface area contributed by atoms with Gasteiger partial charge in [0.1, 0.15) is 11.3 Å². The van der Waals surface area contributed by atoms with E-state index in [1.807, 2.05) is 29.2 Å². The number of hydrogen-bond acceptors (Lipinski definition) is 5. The topological polar surface area (TPSA) is 62.3 Å². The summed E-state index contributed by atoms with van der Waals surface area (Å²) in [6, 6.07) is 7.75. The Morgan fingerprint density at radius 3 is 2.42 bits per heavy atom. The van der Waals surface area contributed by atoms with Gasteiger partial charge in [-0.15, -0.1) is 0 Å². The van der Waals surface area contributed by atoms with Crippen molar-refractivity contribution in [3.05, 3.63) is 42.0 Å². The van der Waals surface area contributed by atoms with Crippen molar-refractivity contribution >= 4 is 11.9 Å². The van der Waals surface area contributed by atoms with Crippen LogP contribution in [0.2, 0.25) is 0 Å². The molecule has 2 saturated heterocycles. The molecule has 7 heteroatoms. The van der Waals surface area contributed by atoms with Crippen molar-refractivity contribution < 1.29 is 19.1 Å². The van der Waals surface area contributed by atoms with Crippen molar-refractivity contribution in [3.8, 4) is 5.75 Å². The van der Waals surface area contributed by atoms with Gasteiger partial charge in [0.15, 0.2) is 0 Å². The molecule has 2 aliphatic heterocycles. The number of rotatable bonds is 9. The van der Waals surface area contributed by atoms with Crippen molar-refractivity contribution in [2.24, 2.45) is 5.92 Å². The third-order valence-corrected chi connectivity index (χ3v) is 7.50. The molecule has 1 aromatic rings. The van der Waals surface area contributed by atoms with Crippen molar-refractivity contribution in [2.75, 3.05) is 53.6 Å². The van der Waals surface area contributed by atoms with Crippen LogP contribution in [-0.4, -0.2) is 85.7 Å². The largest absolute Gasteiger partial charge is 0.497 e. The van der Waals surface area contributed by atoms with Gasteiger partial charge in [-0.2, -0.15) is 0 Å². The van der Waals surface area contributed by atoms with Crippen LogP contribution in [0.5, 0.6) is 5.75 Å². The van der Waals surface area contributed by atoms with Crippen molar-refractivity contribution in [2.45, 2.75) is 44.1 Å². The summed E-state index contributed by atoms with van der Waals surface area (Å²) in [4.78, 5) is 32.7. The number of allylic oxidation sites excluding steroid dienone is 2. The van der Waals surface area contributed by atoms with Crippen molar-refractivity contribution in [1.29, 1.82) is 0 Å². The van der Waals surface area contributed by atoms with Gasteiger partial charge < -0.3 is 19.3 Å². The van der Waals surface area contributed by atoms with Gasteiger partial charge in [0.05, 0.1) is 20.3 Å². The fraction of sp³-hybridized carbons (Fsp3) is 0.615. The lowest BCUT2D eigenvalue weighted by atomic mass is 9.84. The average Bonchev–Trinajstić information content (AvgIpc) is 3.04. The summed E-state index contributed by atoms with van der Waals surface area (Å²) in [5, 5.41) is 0. The Labute approximate surface area is 197 Å². The smallest absolute Gasteiger partial charge is 0.327 e. The molecular weight excluding hydrogens is 418 g/mol. The van der Waals surface area contributed by atoms with Crippen LogP contribution >= 0.6 is 0 Å². The number of carbonyl (C=O) groups is 2. The van der Waals surface area contributed by atoms with Crippen LogP contribution in [0.15, 0.2) is 36.4 Å². The monoisotopic (exact) mass is 455 g/mol. The van der Waals surface area contributed by atoms with Gasteiger partial charge in [0.2, 0.25) is 0 Å². The lowest BCUT2D eigenvalue weighted by Crippen LogP contribution is -2.57. The second kappa shape index (κ2) is 10.7. The molecule has 180 valence electrons. The molecular formula is C26H37N3O4. The second-order valence-electron chi connectivity index (χ2n) is 9.46. The predicted octanol–water partition coefficient (Wildman–Crippen LogP) is 3.34. The first-order valence-corrected chi connectivity index (χ1v) is 12.2. The van der Waals surface area contributed by atoms with E-state index in [1.165, 1.54) is 17.7 Å². The fourth-order valence-electron chi connectivity index (χ4n) is 5.48. The number of methoxy groups -OCH3 is 2. The molecule has 4 rings (SSSR count). The normalized spacial score (nSPS) is 23.0. The van der Waals surface area contributed by atoms with E-state index in [0.717, 1.165) is 37.4 Å². The molecule has 1 spiro atoms. The molecule has 0 unspecified atom stereocenters. The van der Waals surface area contributed by atoms with Crippen LogP contribution in [0.4, 0.5) is 4.79 Å². The zero-order chi connectivity index (χ0) is 23.3. The van der Waals surface area contributed by atoms with E-state index in [9.17, 15) is 9.59 Å². The minimum absolute atomic E-state index is 0.0421. The maximum Gasteiger partial charge on any atom is 0.327 e. The van der Waals surface area contributed by atoms with E-state index in [0.29, 0.717) is 44.9 Å². The number of carbonyl (C=O) groups excluding carboxylic acids is 2. The number of imide groups is 1. The highest BCUT2D eigenvalue weighted by molar-refractivity contribution is 6.07. The lowest BCUT2D eigenvalue weighted by Gasteiger charge is -2.43. The Kier molecular flexibility index (Phi) is 7.71. The summed E-state index contributed by atoms with van der Waals surface area (Å²) in [5.74, 6) is 1.48. The van der Waals surface area contributed by atoms with E-state index in [2.05, 4.69) is 17.1 Å². The zero-order valence-corrected chi connectivity index (χ0v) is 20.0. The van der Waals surface area contributed by atoms with Crippen LogP contribution in [-0.2, 0) is 16.0 Å². The molecule has 3 aliphatic rings. The van der Waals surface area contributed by atoms with Crippen LogP contribution in [0.3, 0.4) is 0 Å². The maximum absolute atomic E-state index is 13.6. The molecule has 1 atom stereocenters. The molecule has 0 bridgehead atoms. The van der Waals surface area contributed by atoms with Crippen LogP contribution < -0.4 is 4.74 Å². The molecule has 2 fully saturated rings. The molecule has 2 heterocycles. The number of nitrogens with zero attached hydrogens (tertiary/aromatic N) is 3. The average molecular weight is 456 g/mol. The first-order valence-electron chi connectivity index (χ1n) is 12.2. The van der Waals surface area contributed by atoms with E-state index in [1.54, 1.807) is 14.2 Å². The van der Waals surface area contributed by atoms with Gasteiger partial charge in [-0.3, -0.25) is 9.69 Å². The molecule has 33 heavy (non-hydrogen) atoms. The molecule has 0 saturated carbocycles. The maximum atomic E-state index is 13.6. The Morgan fingerprint density at radius 2 is 1.79 bits per heavy atom. The van der Waals surface area contributed by atoms with Crippen LogP contribution in [0, 0.1) is 5.92 Å². The first-order chi connectivity index (χ1) is 16.1. The van der Waals surface area contributed by atoms with E-state index < -0.39 is 5.54 Å². The van der Waals surface area contributed by atoms with Gasteiger partial charge in [-0.1, -0.05) is 24.3 Å². The summed E-state index contributed by atoms with van der Waals surface area (Å²) in [6.07, 6.45) is 10.3. The fourth-order valence-corrected chi connectivity index (χ4v) is 5.48. The van der Waals surface area contributed by atoms with E-state index >= 15 is 0 Å². The Hall–Kier alpha value is -2.38. The second-order valence-corrected chi connectivity index (χ2v) is 9.46. The first kappa shape index (κ1) is 23.8.